The molecule has 0 spiro atoms. The Kier molecular flexibility index (Phi) is 39.0. The van der Waals surface area contributed by atoms with Crippen molar-refractivity contribution in [1.29, 1.82) is 0 Å². The van der Waals surface area contributed by atoms with E-state index in [1.54, 1.807) is 21.1 Å². The van der Waals surface area contributed by atoms with Crippen molar-refractivity contribution >= 4 is 17.9 Å². The predicted molar refractivity (Wildman–Crippen MR) is 236 cm³/mol. The summed E-state index contributed by atoms with van der Waals surface area (Å²) in [6, 6.07) is -0.726. The molecule has 0 bridgehead atoms. The minimum Gasteiger partial charge on any atom is -0.544 e. The molecule has 2 unspecified atom stereocenters. The van der Waals surface area contributed by atoms with Crippen LogP contribution in [0.5, 0.6) is 0 Å². The van der Waals surface area contributed by atoms with Crippen molar-refractivity contribution in [3.05, 3.63) is 24.3 Å². The molecule has 2 atom stereocenters. The summed E-state index contributed by atoms with van der Waals surface area (Å²) in [4.78, 5) is 36.9. The normalized spacial score (nSPS) is 13.1. The molecule has 334 valence electrons. The fourth-order valence-electron chi connectivity index (χ4n) is 7.06. The van der Waals surface area contributed by atoms with E-state index < -0.39 is 18.1 Å². The molecule has 0 aromatic heterocycles. The standard InChI is InChI=1S/C49H91NO7/c1-6-8-10-12-14-16-18-20-22-24-26-27-29-31-33-35-37-39-47(51)56-44-45(43-55-42-41-46(49(53)54)50(3,4)5)57-48(52)40-38-36-34-32-30-28-25-23-21-19-17-15-13-11-9-7-2/h20,22-23,25,45-46H,6-19,21,24,26-44H2,1-5H3/b22-20+,25-23+. The van der Waals surface area contributed by atoms with E-state index in [-0.39, 0.29) is 42.7 Å². The average molecular weight is 806 g/mol. The van der Waals surface area contributed by atoms with Crippen LogP contribution >= 0.6 is 0 Å². The number of unbranched alkanes of at least 4 members (excludes halogenated alkanes) is 25. The monoisotopic (exact) mass is 806 g/mol. The molecule has 0 amide bonds. The number of carbonyl (C=O) groups is 3. The molecule has 0 radical (unpaired) electrons. The van der Waals surface area contributed by atoms with Gasteiger partial charge in [-0.2, -0.15) is 0 Å². The molecule has 0 aromatic carbocycles. The van der Waals surface area contributed by atoms with E-state index in [9.17, 15) is 19.5 Å². The first-order chi connectivity index (χ1) is 27.6. The zero-order valence-corrected chi connectivity index (χ0v) is 38.0. The van der Waals surface area contributed by atoms with Crippen LogP contribution in [-0.2, 0) is 28.6 Å². The van der Waals surface area contributed by atoms with Crippen LogP contribution in [0.2, 0.25) is 0 Å². The molecule has 0 fully saturated rings. The number of nitrogens with zero attached hydrogens (tertiary/aromatic N) is 1. The summed E-state index contributed by atoms with van der Waals surface area (Å²) >= 11 is 0. The SMILES string of the molecule is CCCCCCCC/C=C/CCCCCCCCCC(=O)OCC(COCCC(C(=O)[O-])[N+](C)(C)C)OC(=O)CCCCCCC/C=C/CCCCCCCCC. The van der Waals surface area contributed by atoms with E-state index >= 15 is 0 Å². The molecular weight excluding hydrogens is 715 g/mol. The highest BCUT2D eigenvalue weighted by molar-refractivity contribution is 5.70. The second-order valence-corrected chi connectivity index (χ2v) is 17.3. The van der Waals surface area contributed by atoms with Gasteiger partial charge in [0.1, 0.15) is 12.6 Å². The lowest BCUT2D eigenvalue weighted by molar-refractivity contribution is -0.889. The summed E-state index contributed by atoms with van der Waals surface area (Å²) in [5.74, 6) is -1.74. The van der Waals surface area contributed by atoms with Crippen molar-refractivity contribution in [1.82, 2.24) is 0 Å². The zero-order chi connectivity index (χ0) is 42.1. The lowest BCUT2D eigenvalue weighted by atomic mass is 10.1. The second kappa shape index (κ2) is 40.6. The molecule has 8 heteroatoms. The van der Waals surface area contributed by atoms with E-state index in [1.807, 2.05) is 0 Å². The molecule has 57 heavy (non-hydrogen) atoms. The highest BCUT2D eigenvalue weighted by Crippen LogP contribution is 2.14. The molecule has 0 aliphatic carbocycles. The largest absolute Gasteiger partial charge is 0.544 e. The topological polar surface area (TPSA) is 102 Å². The maximum atomic E-state index is 12.7. The Bertz CT molecular complexity index is 989. The number of carboxylic acids is 1. The molecule has 0 saturated carbocycles. The Morgan fingerprint density at radius 1 is 0.509 bits per heavy atom. The van der Waals surface area contributed by atoms with Gasteiger partial charge in [0.25, 0.3) is 0 Å². The fraction of sp³-hybridized carbons (Fsp3) is 0.857. The summed E-state index contributed by atoms with van der Waals surface area (Å²) in [5, 5.41) is 11.6. The molecule has 0 heterocycles. The zero-order valence-electron chi connectivity index (χ0n) is 38.0. The first-order valence-electron chi connectivity index (χ1n) is 23.9. The van der Waals surface area contributed by atoms with Crippen LogP contribution in [0.15, 0.2) is 24.3 Å². The van der Waals surface area contributed by atoms with Crippen molar-refractivity contribution < 1.29 is 38.2 Å². The van der Waals surface area contributed by atoms with Gasteiger partial charge in [-0.05, 0) is 64.2 Å². The number of quaternary nitrogens is 1. The van der Waals surface area contributed by atoms with Crippen molar-refractivity contribution in [2.45, 2.75) is 231 Å². The minimum atomic E-state index is -1.12. The van der Waals surface area contributed by atoms with Crippen molar-refractivity contribution in [3.63, 3.8) is 0 Å². The Hall–Kier alpha value is -2.19. The molecule has 0 saturated heterocycles. The second-order valence-electron chi connectivity index (χ2n) is 17.3. The number of likely N-dealkylation sites (N-methyl/N-ethyl adjacent to an activating group) is 1. The van der Waals surface area contributed by atoms with Crippen LogP contribution in [0.3, 0.4) is 0 Å². The van der Waals surface area contributed by atoms with Gasteiger partial charge < -0.3 is 28.6 Å². The van der Waals surface area contributed by atoms with E-state index in [1.165, 1.54) is 135 Å². The van der Waals surface area contributed by atoms with Crippen molar-refractivity contribution in [3.8, 4) is 0 Å². The van der Waals surface area contributed by atoms with Gasteiger partial charge in [-0.3, -0.25) is 9.59 Å². The summed E-state index contributed by atoms with van der Waals surface area (Å²) in [6.07, 6.45) is 44.8. The molecule has 0 rings (SSSR count). The first-order valence-corrected chi connectivity index (χ1v) is 23.9. The molecule has 0 N–H and O–H groups in total. The Labute approximate surface area is 351 Å². The van der Waals surface area contributed by atoms with Crippen LogP contribution in [0.4, 0.5) is 0 Å². The smallest absolute Gasteiger partial charge is 0.306 e. The van der Waals surface area contributed by atoms with Gasteiger partial charge in [0.05, 0.1) is 40.3 Å². The van der Waals surface area contributed by atoms with Crippen molar-refractivity contribution in [2.24, 2.45) is 0 Å². The molecular formula is C49H91NO7. The van der Waals surface area contributed by atoms with Crippen LogP contribution in [-0.4, -0.2) is 75.5 Å². The average Bonchev–Trinajstić information content (AvgIpc) is 3.17. The number of carbonyl (C=O) groups excluding carboxylic acids is 3. The molecule has 0 aliphatic heterocycles. The third-order valence-electron chi connectivity index (χ3n) is 10.8. The highest BCUT2D eigenvalue weighted by Gasteiger charge is 2.25. The van der Waals surface area contributed by atoms with Crippen LogP contribution in [0.1, 0.15) is 219 Å². The number of carboxylic acid groups (broad SMARTS) is 1. The number of allylic oxidation sites excluding steroid dienone is 4. The predicted octanol–water partition coefficient (Wildman–Crippen LogP) is 11.9. The maximum absolute atomic E-state index is 12.7. The summed E-state index contributed by atoms with van der Waals surface area (Å²) in [6.45, 7) is 4.66. The van der Waals surface area contributed by atoms with Gasteiger partial charge in [0, 0.05) is 19.3 Å². The van der Waals surface area contributed by atoms with Crippen LogP contribution < -0.4 is 5.11 Å². The lowest BCUT2D eigenvalue weighted by Crippen LogP contribution is -2.55. The van der Waals surface area contributed by atoms with Crippen molar-refractivity contribution in [2.75, 3.05) is 41.0 Å². The minimum absolute atomic E-state index is 0.0390. The number of rotatable bonds is 43. The van der Waals surface area contributed by atoms with E-state index in [2.05, 4.69) is 38.2 Å². The summed E-state index contributed by atoms with van der Waals surface area (Å²) in [7, 11) is 5.41. The van der Waals surface area contributed by atoms with Gasteiger partial charge in [-0.15, -0.1) is 0 Å². The highest BCUT2D eigenvalue weighted by atomic mass is 16.6. The Morgan fingerprint density at radius 3 is 1.26 bits per heavy atom. The number of hydrogen-bond acceptors (Lipinski definition) is 7. The van der Waals surface area contributed by atoms with E-state index in [0.29, 0.717) is 12.8 Å². The lowest BCUT2D eigenvalue weighted by Gasteiger charge is -2.34. The molecule has 0 aromatic rings. The summed E-state index contributed by atoms with van der Waals surface area (Å²) in [5.41, 5.74) is 0. The quantitative estimate of drug-likeness (QED) is 0.0262. The maximum Gasteiger partial charge on any atom is 0.306 e. The third-order valence-corrected chi connectivity index (χ3v) is 10.8. The molecule has 0 aliphatic rings. The number of hydrogen-bond donors (Lipinski definition) is 0. The Morgan fingerprint density at radius 2 is 0.877 bits per heavy atom. The van der Waals surface area contributed by atoms with Crippen LogP contribution in [0, 0.1) is 0 Å². The fourth-order valence-corrected chi connectivity index (χ4v) is 7.06. The van der Waals surface area contributed by atoms with Gasteiger partial charge in [-0.25, -0.2) is 0 Å². The number of aliphatic carboxylic acids is 1. The number of ether oxygens (including phenoxy) is 3. The van der Waals surface area contributed by atoms with E-state index in [0.717, 1.165) is 51.4 Å². The van der Waals surface area contributed by atoms with E-state index in [4.69, 9.17) is 14.2 Å². The first kappa shape index (κ1) is 54.8. The summed E-state index contributed by atoms with van der Waals surface area (Å²) < 4.78 is 17.2. The van der Waals surface area contributed by atoms with Gasteiger partial charge in [-0.1, -0.05) is 160 Å². The van der Waals surface area contributed by atoms with Gasteiger partial charge in [0.2, 0.25) is 0 Å². The van der Waals surface area contributed by atoms with Gasteiger partial charge >= 0.3 is 11.9 Å². The number of esters is 2. The van der Waals surface area contributed by atoms with Gasteiger partial charge in [0.15, 0.2) is 6.10 Å². The Balaban J connectivity index is 4.30. The van der Waals surface area contributed by atoms with Crippen LogP contribution in [0.25, 0.3) is 0 Å². The molecule has 8 nitrogen and oxygen atoms in total. The third kappa shape index (κ3) is 39.1.